The molecule has 2 aromatic carbocycles. The van der Waals surface area contributed by atoms with Crippen molar-refractivity contribution in [3.8, 4) is 11.8 Å². The molecular formula is C29H40O4Si. The number of aliphatic hydroxyl groups is 1. The molecule has 0 radical (unpaired) electrons. The van der Waals surface area contributed by atoms with Crippen molar-refractivity contribution in [3.05, 3.63) is 60.7 Å². The largest absolute Gasteiger partial charge is 0.405 e. The van der Waals surface area contributed by atoms with Crippen LogP contribution in [-0.4, -0.2) is 45.1 Å². The van der Waals surface area contributed by atoms with Gasteiger partial charge in [0, 0.05) is 19.4 Å². The van der Waals surface area contributed by atoms with Gasteiger partial charge in [0.15, 0.2) is 6.29 Å². The van der Waals surface area contributed by atoms with E-state index in [2.05, 4.69) is 81.1 Å². The maximum absolute atomic E-state index is 10.7. The van der Waals surface area contributed by atoms with Crippen molar-refractivity contribution in [3.63, 3.8) is 0 Å². The van der Waals surface area contributed by atoms with E-state index in [1.165, 1.54) is 10.4 Å². The van der Waals surface area contributed by atoms with E-state index >= 15 is 0 Å². The smallest absolute Gasteiger partial charge is 0.261 e. The zero-order valence-electron chi connectivity index (χ0n) is 21.1. The average Bonchev–Trinajstić information content (AvgIpc) is 2.83. The summed E-state index contributed by atoms with van der Waals surface area (Å²) in [5, 5.41) is 13.0. The van der Waals surface area contributed by atoms with E-state index in [1.54, 1.807) is 0 Å². The van der Waals surface area contributed by atoms with E-state index in [1.807, 2.05) is 19.1 Å². The molecule has 1 fully saturated rings. The van der Waals surface area contributed by atoms with Crippen LogP contribution in [0.2, 0.25) is 5.04 Å². The van der Waals surface area contributed by atoms with E-state index in [9.17, 15) is 5.11 Å². The van der Waals surface area contributed by atoms with Gasteiger partial charge in [-0.1, -0.05) is 81.4 Å². The van der Waals surface area contributed by atoms with Gasteiger partial charge < -0.3 is 19.0 Å². The molecule has 4 nitrogen and oxygen atoms in total. The molecule has 1 saturated heterocycles. The van der Waals surface area contributed by atoms with Gasteiger partial charge in [-0.2, -0.15) is 0 Å². The first-order valence-electron chi connectivity index (χ1n) is 12.5. The molecule has 0 aromatic heterocycles. The Balaban J connectivity index is 1.64. The molecule has 5 heteroatoms. The van der Waals surface area contributed by atoms with Crippen LogP contribution >= 0.6 is 0 Å². The fourth-order valence-electron chi connectivity index (χ4n) is 4.57. The third-order valence-corrected chi connectivity index (χ3v) is 11.3. The van der Waals surface area contributed by atoms with Gasteiger partial charge >= 0.3 is 0 Å². The van der Waals surface area contributed by atoms with Crippen LogP contribution in [0.25, 0.3) is 0 Å². The van der Waals surface area contributed by atoms with Crippen molar-refractivity contribution < 1.29 is 19.0 Å². The molecule has 184 valence electrons. The molecule has 0 bridgehead atoms. The highest BCUT2D eigenvalue weighted by Crippen LogP contribution is 2.36. The number of benzene rings is 2. The van der Waals surface area contributed by atoms with Gasteiger partial charge in [0.05, 0.1) is 18.8 Å². The van der Waals surface area contributed by atoms with Gasteiger partial charge in [0.1, 0.15) is 0 Å². The van der Waals surface area contributed by atoms with Crippen LogP contribution < -0.4 is 10.4 Å². The first-order chi connectivity index (χ1) is 16.3. The second-order valence-electron chi connectivity index (χ2n) is 10.1. The number of hydrogen-bond acceptors (Lipinski definition) is 4. The molecule has 0 aliphatic carbocycles. The number of aliphatic hydroxyl groups excluding tert-OH is 1. The number of ether oxygens (including phenoxy) is 2. The van der Waals surface area contributed by atoms with Crippen molar-refractivity contribution in [2.75, 3.05) is 13.2 Å². The Labute approximate surface area is 206 Å². The van der Waals surface area contributed by atoms with E-state index in [-0.39, 0.29) is 24.0 Å². The van der Waals surface area contributed by atoms with Gasteiger partial charge in [-0.05, 0) is 41.6 Å². The summed E-state index contributed by atoms with van der Waals surface area (Å²) in [6, 6.07) is 21.0. The van der Waals surface area contributed by atoms with Gasteiger partial charge in [-0.15, -0.1) is 11.8 Å². The molecule has 0 saturated carbocycles. The summed E-state index contributed by atoms with van der Waals surface area (Å²) in [6.45, 7) is 9.77. The van der Waals surface area contributed by atoms with Crippen molar-refractivity contribution >= 4 is 18.7 Å². The Kier molecular flexibility index (Phi) is 9.93. The lowest BCUT2D eigenvalue weighted by atomic mass is 10.2. The van der Waals surface area contributed by atoms with E-state index in [0.29, 0.717) is 12.8 Å². The molecule has 34 heavy (non-hydrogen) atoms. The monoisotopic (exact) mass is 480 g/mol. The highest BCUT2D eigenvalue weighted by Gasteiger charge is 2.50. The zero-order chi connectivity index (χ0) is 24.4. The minimum Gasteiger partial charge on any atom is -0.405 e. The Bertz CT molecular complexity index is 868. The summed E-state index contributed by atoms with van der Waals surface area (Å²) in [7, 11) is -2.64. The highest BCUT2D eigenvalue weighted by atomic mass is 28.4. The third kappa shape index (κ3) is 7.04. The van der Waals surface area contributed by atoms with Gasteiger partial charge in [-0.3, -0.25) is 0 Å². The minimum atomic E-state index is -2.64. The Morgan fingerprint density at radius 1 is 0.971 bits per heavy atom. The van der Waals surface area contributed by atoms with Crippen LogP contribution in [0.3, 0.4) is 0 Å². The first kappa shape index (κ1) is 26.7. The lowest BCUT2D eigenvalue weighted by Crippen LogP contribution is -2.67. The molecule has 2 aromatic rings. The van der Waals surface area contributed by atoms with Crippen molar-refractivity contribution in [1.82, 2.24) is 0 Å². The molecule has 1 heterocycles. The third-order valence-electron chi connectivity index (χ3n) is 6.28. The standard InChI is InChI=1S/C29H40O4Si/c1-24(33-28-21-13-14-22-31-28)15-11-12-16-25(30)23-32-34(29(2,3)4,26-17-7-5-8-18-26)27-19-9-6-10-20-27/h5-10,17-20,24-25,28,30H,13-16,21-23H2,1-4H3. The van der Waals surface area contributed by atoms with E-state index in [4.69, 9.17) is 13.9 Å². The minimum absolute atomic E-state index is 0.0149. The molecule has 0 amide bonds. The molecule has 1 aliphatic rings. The molecule has 3 rings (SSSR count). The van der Waals surface area contributed by atoms with Gasteiger partial charge in [-0.25, -0.2) is 0 Å². The summed E-state index contributed by atoms with van der Waals surface area (Å²) in [4.78, 5) is 0. The molecule has 0 spiro atoms. The Hall–Kier alpha value is -1.94. The maximum Gasteiger partial charge on any atom is 0.261 e. The highest BCUT2D eigenvalue weighted by molar-refractivity contribution is 6.99. The molecular weight excluding hydrogens is 440 g/mol. The number of hydrogen-bond donors (Lipinski definition) is 1. The second kappa shape index (κ2) is 12.7. The van der Waals surface area contributed by atoms with E-state index < -0.39 is 14.4 Å². The van der Waals surface area contributed by atoms with Gasteiger partial charge in [0.2, 0.25) is 0 Å². The molecule has 1 aliphatic heterocycles. The van der Waals surface area contributed by atoms with Crippen molar-refractivity contribution in [1.29, 1.82) is 0 Å². The zero-order valence-corrected chi connectivity index (χ0v) is 22.1. The van der Waals surface area contributed by atoms with Crippen LogP contribution in [0.1, 0.15) is 59.8 Å². The lowest BCUT2D eigenvalue weighted by Gasteiger charge is -2.43. The first-order valence-corrected chi connectivity index (χ1v) is 14.4. The molecule has 3 unspecified atom stereocenters. The molecule has 1 N–H and O–H groups in total. The van der Waals surface area contributed by atoms with Crippen LogP contribution in [0.15, 0.2) is 60.7 Å². The predicted octanol–water partition coefficient (Wildman–Crippen LogP) is 4.64. The Morgan fingerprint density at radius 2 is 1.56 bits per heavy atom. The SMILES string of the molecule is CC(CC#CCC(O)CO[Si](c1ccccc1)(c1ccccc1)C(C)(C)C)OC1CCCCO1. The summed E-state index contributed by atoms with van der Waals surface area (Å²) in [5.41, 5.74) is 0. The van der Waals surface area contributed by atoms with Crippen LogP contribution in [0.5, 0.6) is 0 Å². The second-order valence-corrected chi connectivity index (χ2v) is 14.4. The van der Waals surface area contributed by atoms with Crippen molar-refractivity contribution in [2.24, 2.45) is 0 Å². The lowest BCUT2D eigenvalue weighted by molar-refractivity contribution is -0.183. The van der Waals surface area contributed by atoms with E-state index in [0.717, 1.165) is 25.9 Å². The molecule has 3 atom stereocenters. The summed E-state index contributed by atoms with van der Waals surface area (Å²) < 4.78 is 18.3. The van der Waals surface area contributed by atoms with Crippen LogP contribution in [-0.2, 0) is 13.9 Å². The van der Waals surface area contributed by atoms with Gasteiger partial charge in [0.25, 0.3) is 8.32 Å². The van der Waals surface area contributed by atoms with Crippen LogP contribution in [0.4, 0.5) is 0 Å². The predicted molar refractivity (Wildman–Crippen MR) is 141 cm³/mol. The van der Waals surface area contributed by atoms with Crippen LogP contribution in [0, 0.1) is 11.8 Å². The quantitative estimate of drug-likeness (QED) is 0.420. The topological polar surface area (TPSA) is 47.9 Å². The fourth-order valence-corrected chi connectivity index (χ4v) is 9.17. The van der Waals surface area contributed by atoms with Crippen molar-refractivity contribution in [2.45, 2.75) is 83.3 Å². The Morgan fingerprint density at radius 3 is 2.09 bits per heavy atom. The average molecular weight is 481 g/mol. The summed E-state index contributed by atoms with van der Waals surface area (Å²) in [6.07, 6.45) is 3.50. The number of rotatable bonds is 9. The summed E-state index contributed by atoms with van der Waals surface area (Å²) in [5.74, 6) is 6.28. The fraction of sp³-hybridized carbons (Fsp3) is 0.517. The maximum atomic E-state index is 10.7. The summed E-state index contributed by atoms with van der Waals surface area (Å²) >= 11 is 0. The normalized spacial score (nSPS) is 18.6.